The molecule has 3 nitrogen and oxygen atoms in total. The van der Waals surface area contributed by atoms with Crippen LogP contribution in [0.25, 0.3) is 0 Å². The average molecular weight is 182 g/mol. The summed E-state index contributed by atoms with van der Waals surface area (Å²) in [5.41, 5.74) is -0.0899. The van der Waals surface area contributed by atoms with Gasteiger partial charge in [0.15, 0.2) is 6.29 Å². The Bertz CT molecular complexity index is 347. The first kappa shape index (κ1) is 9.54. The van der Waals surface area contributed by atoms with Crippen molar-refractivity contribution in [2.45, 2.75) is 6.61 Å². The summed E-state index contributed by atoms with van der Waals surface area (Å²) in [6.07, 6.45) is 0.799. The van der Waals surface area contributed by atoms with Crippen molar-refractivity contribution in [2.24, 2.45) is 0 Å². The highest BCUT2D eigenvalue weighted by Gasteiger charge is 2.08. The molecule has 4 heteroatoms. The van der Waals surface area contributed by atoms with Gasteiger partial charge in [0.25, 0.3) is 0 Å². The molecular formula is C9H7FO3. The minimum absolute atomic E-state index is 0.0494. The van der Waals surface area contributed by atoms with Crippen molar-refractivity contribution in [1.82, 2.24) is 0 Å². The number of hydrogen-bond donors (Lipinski definition) is 1. The van der Waals surface area contributed by atoms with Crippen LogP contribution in [0.4, 0.5) is 4.39 Å². The van der Waals surface area contributed by atoms with E-state index >= 15 is 0 Å². The molecule has 0 unspecified atom stereocenters. The molecule has 0 fully saturated rings. The van der Waals surface area contributed by atoms with Crippen LogP contribution in [-0.2, 0) is 6.61 Å². The Morgan fingerprint density at radius 2 is 2.00 bits per heavy atom. The van der Waals surface area contributed by atoms with Crippen molar-refractivity contribution in [3.8, 4) is 0 Å². The van der Waals surface area contributed by atoms with Gasteiger partial charge in [-0.1, -0.05) is 0 Å². The van der Waals surface area contributed by atoms with Crippen molar-refractivity contribution in [1.29, 1.82) is 0 Å². The standard InChI is InChI=1S/C9H7FO3/c10-9-7(4-12)1-6(3-11)2-8(9)5-13/h1-4,13H,5H2. The zero-order chi connectivity index (χ0) is 9.84. The van der Waals surface area contributed by atoms with Crippen LogP contribution in [0.2, 0.25) is 0 Å². The Labute approximate surface area is 73.8 Å². The van der Waals surface area contributed by atoms with Crippen molar-refractivity contribution in [3.05, 3.63) is 34.6 Å². The van der Waals surface area contributed by atoms with Gasteiger partial charge in [-0.05, 0) is 12.1 Å². The normalized spacial score (nSPS) is 9.69. The molecule has 0 saturated carbocycles. The number of aliphatic hydroxyl groups excluding tert-OH is 1. The van der Waals surface area contributed by atoms with E-state index in [0.29, 0.717) is 12.6 Å². The Morgan fingerprint density at radius 3 is 2.46 bits per heavy atom. The fourth-order valence-electron chi connectivity index (χ4n) is 1.00. The Balaban J connectivity index is 3.36. The minimum Gasteiger partial charge on any atom is -0.392 e. The smallest absolute Gasteiger partial charge is 0.153 e. The topological polar surface area (TPSA) is 54.4 Å². The van der Waals surface area contributed by atoms with E-state index in [1.807, 2.05) is 0 Å². The van der Waals surface area contributed by atoms with E-state index in [2.05, 4.69) is 0 Å². The summed E-state index contributed by atoms with van der Waals surface area (Å²) in [5.74, 6) is -0.775. The summed E-state index contributed by atoms with van der Waals surface area (Å²) in [5, 5.41) is 8.69. The maximum Gasteiger partial charge on any atom is 0.153 e. The first-order chi connectivity index (χ1) is 6.22. The van der Waals surface area contributed by atoms with Crippen LogP contribution in [0.5, 0.6) is 0 Å². The van der Waals surface area contributed by atoms with Crippen LogP contribution in [-0.4, -0.2) is 17.7 Å². The lowest BCUT2D eigenvalue weighted by Gasteiger charge is -2.02. The molecule has 1 aromatic rings. The van der Waals surface area contributed by atoms with Gasteiger partial charge in [0.2, 0.25) is 0 Å². The van der Waals surface area contributed by atoms with E-state index in [1.54, 1.807) is 0 Å². The lowest BCUT2D eigenvalue weighted by atomic mass is 10.1. The van der Waals surface area contributed by atoms with Gasteiger partial charge in [-0.3, -0.25) is 9.59 Å². The zero-order valence-corrected chi connectivity index (χ0v) is 6.66. The fraction of sp³-hybridized carbons (Fsp3) is 0.111. The van der Waals surface area contributed by atoms with Gasteiger partial charge in [0, 0.05) is 11.1 Å². The number of benzene rings is 1. The van der Waals surface area contributed by atoms with Gasteiger partial charge >= 0.3 is 0 Å². The van der Waals surface area contributed by atoms with Crippen LogP contribution in [0.3, 0.4) is 0 Å². The molecule has 0 heterocycles. The van der Waals surface area contributed by atoms with Crippen molar-refractivity contribution in [2.75, 3.05) is 0 Å². The number of aliphatic hydroxyl groups is 1. The fourth-order valence-corrected chi connectivity index (χ4v) is 1.00. The zero-order valence-electron chi connectivity index (χ0n) is 6.66. The SMILES string of the molecule is O=Cc1cc(C=O)c(F)c(CO)c1. The molecule has 0 spiro atoms. The van der Waals surface area contributed by atoms with E-state index in [0.717, 1.165) is 6.07 Å². The predicted octanol–water partition coefficient (Wildman–Crippen LogP) is 0.943. The molecule has 0 aliphatic carbocycles. The van der Waals surface area contributed by atoms with Crippen LogP contribution < -0.4 is 0 Å². The molecule has 0 aromatic heterocycles. The van der Waals surface area contributed by atoms with Crippen LogP contribution in [0.1, 0.15) is 26.3 Å². The number of aldehydes is 2. The van der Waals surface area contributed by atoms with E-state index in [1.165, 1.54) is 6.07 Å². The monoisotopic (exact) mass is 182 g/mol. The third-order valence-corrected chi connectivity index (χ3v) is 1.63. The van der Waals surface area contributed by atoms with Crippen molar-refractivity contribution >= 4 is 12.6 Å². The third-order valence-electron chi connectivity index (χ3n) is 1.63. The van der Waals surface area contributed by atoms with E-state index < -0.39 is 12.4 Å². The highest BCUT2D eigenvalue weighted by molar-refractivity contribution is 5.82. The van der Waals surface area contributed by atoms with Gasteiger partial charge in [-0.25, -0.2) is 4.39 Å². The molecule has 1 rings (SSSR count). The van der Waals surface area contributed by atoms with Crippen molar-refractivity contribution in [3.63, 3.8) is 0 Å². The average Bonchev–Trinajstić information content (AvgIpc) is 2.18. The molecule has 0 saturated heterocycles. The van der Waals surface area contributed by atoms with E-state index in [-0.39, 0.29) is 16.7 Å². The predicted molar refractivity (Wildman–Crippen MR) is 43.1 cm³/mol. The summed E-state index contributed by atoms with van der Waals surface area (Å²) in [6, 6.07) is 2.34. The van der Waals surface area contributed by atoms with Gasteiger partial charge < -0.3 is 5.11 Å². The maximum absolute atomic E-state index is 13.1. The Kier molecular flexibility index (Phi) is 2.87. The highest BCUT2D eigenvalue weighted by Crippen LogP contribution is 2.13. The van der Waals surface area contributed by atoms with Crippen LogP contribution in [0.15, 0.2) is 12.1 Å². The van der Waals surface area contributed by atoms with E-state index in [9.17, 15) is 14.0 Å². The second kappa shape index (κ2) is 3.91. The minimum atomic E-state index is -0.775. The molecule has 0 radical (unpaired) electrons. The second-order valence-corrected chi connectivity index (χ2v) is 2.48. The van der Waals surface area contributed by atoms with Crippen LogP contribution in [0, 0.1) is 5.82 Å². The number of carbonyl (C=O) groups is 2. The summed E-state index contributed by atoms with van der Waals surface area (Å²) in [6.45, 7) is -0.533. The van der Waals surface area contributed by atoms with Crippen LogP contribution >= 0.6 is 0 Å². The first-order valence-electron chi connectivity index (χ1n) is 3.56. The molecule has 1 aromatic carbocycles. The van der Waals surface area contributed by atoms with Gasteiger partial charge in [0.1, 0.15) is 12.1 Å². The molecule has 13 heavy (non-hydrogen) atoms. The lowest BCUT2D eigenvalue weighted by molar-refractivity contribution is 0.111. The number of carbonyl (C=O) groups excluding carboxylic acids is 2. The highest BCUT2D eigenvalue weighted by atomic mass is 19.1. The largest absolute Gasteiger partial charge is 0.392 e. The van der Waals surface area contributed by atoms with Gasteiger partial charge in [-0.15, -0.1) is 0 Å². The molecular weight excluding hydrogens is 175 g/mol. The summed E-state index contributed by atoms with van der Waals surface area (Å²) < 4.78 is 13.1. The lowest BCUT2D eigenvalue weighted by Crippen LogP contribution is -1.98. The number of rotatable bonds is 3. The molecule has 0 amide bonds. The van der Waals surface area contributed by atoms with E-state index in [4.69, 9.17) is 5.11 Å². The quantitative estimate of drug-likeness (QED) is 0.708. The Morgan fingerprint density at radius 1 is 1.31 bits per heavy atom. The molecule has 0 bridgehead atoms. The summed E-state index contributed by atoms with van der Waals surface area (Å²) in [4.78, 5) is 20.7. The summed E-state index contributed by atoms with van der Waals surface area (Å²) >= 11 is 0. The van der Waals surface area contributed by atoms with Crippen molar-refractivity contribution < 1.29 is 19.1 Å². The van der Waals surface area contributed by atoms with Gasteiger partial charge in [-0.2, -0.15) is 0 Å². The molecule has 0 aliphatic rings. The van der Waals surface area contributed by atoms with Gasteiger partial charge in [0.05, 0.1) is 12.2 Å². The third kappa shape index (κ3) is 1.78. The molecule has 1 N–H and O–H groups in total. The maximum atomic E-state index is 13.1. The number of hydrogen-bond acceptors (Lipinski definition) is 3. The first-order valence-corrected chi connectivity index (χ1v) is 3.56. The second-order valence-electron chi connectivity index (χ2n) is 2.48. The molecule has 0 aliphatic heterocycles. The number of halogens is 1. The Hall–Kier alpha value is -1.55. The molecule has 0 atom stereocenters. The summed E-state index contributed by atoms with van der Waals surface area (Å²) in [7, 11) is 0. The molecule has 68 valence electrons.